The number of aromatic hydroxyl groups is 1. The van der Waals surface area contributed by atoms with Crippen LogP contribution in [0.15, 0.2) is 48.5 Å². The Morgan fingerprint density at radius 1 is 0.952 bits per heavy atom. The predicted octanol–water partition coefficient (Wildman–Crippen LogP) is 3.77. The third-order valence-corrected chi connectivity index (χ3v) is 4.01. The monoisotopic (exact) mass is 276 g/mol. The Balaban J connectivity index is 2.25. The molecule has 3 aromatic rings. The van der Waals surface area contributed by atoms with E-state index in [0.29, 0.717) is 22.3 Å². The van der Waals surface area contributed by atoms with E-state index in [1.165, 1.54) is 0 Å². The number of phenolic OH excluding ortho intramolecular Hbond substituents is 1. The summed E-state index contributed by atoms with van der Waals surface area (Å²) >= 11 is 0. The second kappa shape index (κ2) is 4.09. The molecule has 0 bridgehead atoms. The molecule has 102 valence electrons. The fraction of sp³-hybridized carbons (Fsp3) is 0.0556. The van der Waals surface area contributed by atoms with Gasteiger partial charge < -0.3 is 9.84 Å². The van der Waals surface area contributed by atoms with Crippen LogP contribution in [0.1, 0.15) is 15.9 Å². The topological polar surface area (TPSA) is 46.5 Å². The van der Waals surface area contributed by atoms with E-state index in [9.17, 15) is 9.90 Å². The molecule has 0 fully saturated rings. The van der Waals surface area contributed by atoms with Gasteiger partial charge in [-0.2, -0.15) is 0 Å². The molecule has 21 heavy (non-hydrogen) atoms. The molecule has 0 aliphatic heterocycles. The highest BCUT2D eigenvalue weighted by Crippen LogP contribution is 2.47. The van der Waals surface area contributed by atoms with Crippen LogP contribution < -0.4 is 4.74 Å². The number of hydrogen-bond donors (Lipinski definition) is 1. The molecule has 0 radical (unpaired) electrons. The van der Waals surface area contributed by atoms with Crippen molar-refractivity contribution in [2.45, 2.75) is 0 Å². The molecular weight excluding hydrogens is 264 g/mol. The summed E-state index contributed by atoms with van der Waals surface area (Å²) in [4.78, 5) is 12.5. The predicted molar refractivity (Wildman–Crippen MR) is 81.0 cm³/mol. The van der Waals surface area contributed by atoms with E-state index in [-0.39, 0.29) is 11.5 Å². The third-order valence-electron chi connectivity index (χ3n) is 4.01. The molecule has 0 atom stereocenters. The Kier molecular flexibility index (Phi) is 2.33. The van der Waals surface area contributed by atoms with Crippen LogP contribution in [-0.4, -0.2) is 18.0 Å². The lowest BCUT2D eigenvalue weighted by molar-refractivity contribution is 0.104. The number of carbonyl (C=O) groups is 1. The molecule has 4 rings (SSSR count). The van der Waals surface area contributed by atoms with E-state index in [4.69, 9.17) is 4.74 Å². The number of methoxy groups -OCH3 is 1. The van der Waals surface area contributed by atoms with E-state index in [0.717, 1.165) is 16.5 Å². The summed E-state index contributed by atoms with van der Waals surface area (Å²) in [5, 5.41) is 11.7. The highest BCUT2D eigenvalue weighted by atomic mass is 16.5. The van der Waals surface area contributed by atoms with Crippen molar-refractivity contribution < 1.29 is 14.6 Å². The van der Waals surface area contributed by atoms with E-state index < -0.39 is 0 Å². The standard InChI is InChI=1S/C18H12O3/c1-21-15-8-4-7-12-14(19)9-13-16(17(12)15)10-5-2-3-6-11(10)18(13)20/h2-9,19H,1H3. The fourth-order valence-corrected chi connectivity index (χ4v) is 3.10. The fourth-order valence-electron chi connectivity index (χ4n) is 3.10. The van der Waals surface area contributed by atoms with E-state index in [1.807, 2.05) is 42.5 Å². The first-order valence-electron chi connectivity index (χ1n) is 6.69. The molecule has 0 amide bonds. The molecule has 0 unspecified atom stereocenters. The van der Waals surface area contributed by atoms with Gasteiger partial charge in [0.1, 0.15) is 11.5 Å². The van der Waals surface area contributed by atoms with Crippen LogP contribution >= 0.6 is 0 Å². The number of benzene rings is 3. The van der Waals surface area contributed by atoms with Gasteiger partial charge in [0.15, 0.2) is 5.78 Å². The van der Waals surface area contributed by atoms with Gasteiger partial charge in [-0.3, -0.25) is 4.79 Å². The van der Waals surface area contributed by atoms with Gasteiger partial charge in [-0.1, -0.05) is 36.4 Å². The Morgan fingerprint density at radius 2 is 1.71 bits per heavy atom. The second-order valence-corrected chi connectivity index (χ2v) is 5.08. The van der Waals surface area contributed by atoms with Crippen molar-refractivity contribution >= 4 is 16.6 Å². The maximum Gasteiger partial charge on any atom is 0.194 e. The second-order valence-electron chi connectivity index (χ2n) is 5.08. The normalized spacial score (nSPS) is 12.3. The largest absolute Gasteiger partial charge is 0.507 e. The average Bonchev–Trinajstić information content (AvgIpc) is 2.80. The van der Waals surface area contributed by atoms with Crippen molar-refractivity contribution in [2.24, 2.45) is 0 Å². The highest BCUT2D eigenvalue weighted by Gasteiger charge is 2.30. The molecule has 1 aliphatic carbocycles. The lowest BCUT2D eigenvalue weighted by atomic mass is 9.96. The zero-order valence-electron chi connectivity index (χ0n) is 11.4. The number of ketones is 1. The summed E-state index contributed by atoms with van der Waals surface area (Å²) in [6.45, 7) is 0. The maximum atomic E-state index is 12.5. The van der Waals surface area contributed by atoms with E-state index in [2.05, 4.69) is 0 Å². The van der Waals surface area contributed by atoms with Crippen molar-refractivity contribution in [3.63, 3.8) is 0 Å². The van der Waals surface area contributed by atoms with Gasteiger partial charge >= 0.3 is 0 Å². The molecule has 0 heterocycles. The van der Waals surface area contributed by atoms with Crippen LogP contribution in [-0.2, 0) is 0 Å². The molecule has 0 saturated carbocycles. The van der Waals surface area contributed by atoms with Gasteiger partial charge in [0, 0.05) is 27.5 Å². The number of carbonyl (C=O) groups excluding carboxylic acids is 1. The summed E-state index contributed by atoms with van der Waals surface area (Å²) in [6.07, 6.45) is 0. The zero-order valence-corrected chi connectivity index (χ0v) is 11.4. The molecule has 0 saturated heterocycles. The third kappa shape index (κ3) is 1.46. The molecule has 1 aliphatic rings. The number of hydrogen-bond acceptors (Lipinski definition) is 3. The number of fused-ring (bicyclic) bond motifs is 5. The molecule has 0 spiro atoms. The average molecular weight is 276 g/mol. The van der Waals surface area contributed by atoms with Crippen LogP contribution in [0.3, 0.4) is 0 Å². The summed E-state index contributed by atoms with van der Waals surface area (Å²) in [5.74, 6) is 0.705. The van der Waals surface area contributed by atoms with Crippen molar-refractivity contribution in [2.75, 3.05) is 7.11 Å². The molecule has 3 nitrogen and oxygen atoms in total. The van der Waals surface area contributed by atoms with Gasteiger partial charge in [0.2, 0.25) is 0 Å². The van der Waals surface area contributed by atoms with Crippen molar-refractivity contribution in [1.82, 2.24) is 0 Å². The smallest absolute Gasteiger partial charge is 0.194 e. The lowest BCUT2D eigenvalue weighted by Gasteiger charge is -2.12. The molecular formula is C18H12O3. The van der Waals surface area contributed by atoms with Gasteiger partial charge in [0.25, 0.3) is 0 Å². The molecule has 3 aromatic carbocycles. The van der Waals surface area contributed by atoms with Crippen molar-refractivity contribution in [3.05, 3.63) is 59.7 Å². The SMILES string of the molecule is COc1cccc2c(O)cc3c(c12)-c1ccccc1C3=O. The minimum atomic E-state index is -0.0521. The molecule has 3 heteroatoms. The van der Waals surface area contributed by atoms with Gasteiger partial charge in [-0.05, 0) is 17.7 Å². The minimum absolute atomic E-state index is 0.0521. The van der Waals surface area contributed by atoms with Crippen LogP contribution in [0.2, 0.25) is 0 Å². The van der Waals surface area contributed by atoms with Crippen LogP contribution in [0.4, 0.5) is 0 Å². The maximum absolute atomic E-state index is 12.5. The highest BCUT2D eigenvalue weighted by molar-refractivity contribution is 6.27. The summed E-state index contributed by atoms with van der Waals surface area (Å²) in [5.41, 5.74) is 2.95. The van der Waals surface area contributed by atoms with Crippen LogP contribution in [0, 0.1) is 0 Å². The number of phenols is 1. The Bertz CT molecular complexity index is 910. The summed E-state index contributed by atoms with van der Waals surface area (Å²) in [6, 6.07) is 14.6. The molecule has 0 aromatic heterocycles. The summed E-state index contributed by atoms with van der Waals surface area (Å²) in [7, 11) is 1.59. The van der Waals surface area contributed by atoms with E-state index >= 15 is 0 Å². The first kappa shape index (κ1) is 12.0. The zero-order chi connectivity index (χ0) is 14.6. The van der Waals surface area contributed by atoms with Gasteiger partial charge in [-0.15, -0.1) is 0 Å². The Morgan fingerprint density at radius 3 is 2.48 bits per heavy atom. The van der Waals surface area contributed by atoms with E-state index in [1.54, 1.807) is 13.2 Å². The lowest BCUT2D eigenvalue weighted by Crippen LogP contribution is -1.95. The Hall–Kier alpha value is -2.81. The van der Waals surface area contributed by atoms with Crippen molar-refractivity contribution in [1.29, 1.82) is 0 Å². The Labute approximate surface area is 121 Å². The summed E-state index contributed by atoms with van der Waals surface area (Å²) < 4.78 is 5.44. The van der Waals surface area contributed by atoms with Crippen molar-refractivity contribution in [3.8, 4) is 22.6 Å². The van der Waals surface area contributed by atoms with Crippen LogP contribution in [0.5, 0.6) is 11.5 Å². The van der Waals surface area contributed by atoms with Gasteiger partial charge in [0.05, 0.1) is 7.11 Å². The first-order valence-corrected chi connectivity index (χ1v) is 6.69. The quantitative estimate of drug-likeness (QED) is 0.575. The van der Waals surface area contributed by atoms with Gasteiger partial charge in [-0.25, -0.2) is 0 Å². The minimum Gasteiger partial charge on any atom is -0.507 e. The van der Waals surface area contributed by atoms with Crippen LogP contribution in [0.25, 0.3) is 21.9 Å². The molecule has 1 N–H and O–H groups in total. The first-order chi connectivity index (χ1) is 10.2. The number of ether oxygens (including phenoxy) is 1. The number of rotatable bonds is 1.